The molecule has 2 aromatic rings. The Morgan fingerprint density at radius 1 is 1.21 bits per heavy atom. The molecule has 1 heterocycles. The highest BCUT2D eigenvalue weighted by Gasteiger charge is 2.31. The van der Waals surface area contributed by atoms with Gasteiger partial charge in [0.25, 0.3) is 0 Å². The molecule has 1 N–H and O–H groups in total. The Labute approximate surface area is 201 Å². The van der Waals surface area contributed by atoms with Gasteiger partial charge in [-0.3, -0.25) is 4.79 Å². The van der Waals surface area contributed by atoms with Gasteiger partial charge in [0.1, 0.15) is 23.7 Å². The molecule has 0 unspecified atom stereocenters. The van der Waals surface area contributed by atoms with Crippen LogP contribution in [0, 0.1) is 18.3 Å². The van der Waals surface area contributed by atoms with Crippen LogP contribution in [-0.2, 0) is 16.1 Å². The molecule has 0 saturated heterocycles. The largest absolute Gasteiger partial charge is 0.495 e. The average Bonchev–Trinajstić information content (AvgIpc) is 2.70. The number of hydrogen-bond acceptors (Lipinski definition) is 7. The summed E-state index contributed by atoms with van der Waals surface area (Å²) in [5, 5.41) is 10.7. The highest BCUT2D eigenvalue weighted by Crippen LogP contribution is 2.44. The molecule has 0 bridgehead atoms. The van der Waals surface area contributed by atoms with Gasteiger partial charge >= 0.3 is 11.9 Å². The van der Waals surface area contributed by atoms with Crippen molar-refractivity contribution in [3.05, 3.63) is 46.5 Å². The lowest BCUT2D eigenvalue weighted by molar-refractivity contribution is -0.136. The monoisotopic (exact) mass is 470 g/mol. The first-order valence-electron chi connectivity index (χ1n) is 11.5. The quantitative estimate of drug-likeness (QED) is 0.416. The van der Waals surface area contributed by atoms with Crippen LogP contribution in [0.2, 0.25) is 0 Å². The van der Waals surface area contributed by atoms with Crippen molar-refractivity contribution in [1.82, 2.24) is 0 Å². The molecule has 1 aliphatic rings. The number of ether oxygens (including phenoxy) is 4. The fourth-order valence-corrected chi connectivity index (χ4v) is 3.94. The summed E-state index contributed by atoms with van der Waals surface area (Å²) < 4.78 is 23.0. The number of fused-ring (bicyclic) bond motifs is 2. The van der Waals surface area contributed by atoms with E-state index in [4.69, 9.17) is 18.9 Å². The predicted octanol–water partition coefficient (Wildman–Crippen LogP) is 5.89. The average molecular weight is 471 g/mol. The van der Waals surface area contributed by atoms with Gasteiger partial charge in [0.05, 0.1) is 19.6 Å². The minimum absolute atomic E-state index is 0.0684. The van der Waals surface area contributed by atoms with E-state index in [0.717, 1.165) is 5.56 Å². The smallest absolute Gasteiger partial charge is 0.346 e. The molecule has 0 fully saturated rings. The Hall–Kier alpha value is -3.06. The van der Waals surface area contributed by atoms with Crippen LogP contribution in [0.1, 0.15) is 80.6 Å². The van der Waals surface area contributed by atoms with Crippen LogP contribution in [0.3, 0.4) is 0 Å². The van der Waals surface area contributed by atoms with Crippen molar-refractivity contribution in [2.24, 2.45) is 11.3 Å². The summed E-state index contributed by atoms with van der Waals surface area (Å²) in [6.07, 6.45) is -0.0879. The van der Waals surface area contributed by atoms with Crippen LogP contribution in [-0.4, -0.2) is 24.2 Å². The topological polar surface area (TPSA) is 91.3 Å². The molecule has 0 aliphatic carbocycles. The second kappa shape index (κ2) is 10.1. The first-order chi connectivity index (χ1) is 15.9. The molecule has 3 rings (SSSR count). The Morgan fingerprint density at radius 2 is 1.91 bits per heavy atom. The number of benzene rings is 2. The van der Waals surface area contributed by atoms with E-state index in [1.165, 1.54) is 7.11 Å². The molecule has 7 nitrogen and oxygen atoms in total. The number of carbonyl (C=O) groups is 2. The summed E-state index contributed by atoms with van der Waals surface area (Å²) in [7, 11) is 1.43. The molecular weight excluding hydrogens is 436 g/mol. The first kappa shape index (κ1) is 25.6. The van der Waals surface area contributed by atoms with Gasteiger partial charge < -0.3 is 24.1 Å². The van der Waals surface area contributed by atoms with E-state index >= 15 is 0 Å². The zero-order valence-electron chi connectivity index (χ0n) is 21.0. The molecule has 0 radical (unpaired) electrons. The number of methoxy groups -OCH3 is 1. The van der Waals surface area contributed by atoms with E-state index in [1.54, 1.807) is 18.2 Å². The number of carbonyl (C=O) groups excluding carboxylic acids is 2. The summed E-state index contributed by atoms with van der Waals surface area (Å²) >= 11 is 0. The summed E-state index contributed by atoms with van der Waals surface area (Å²) in [5.74, 6) is 0.204. The highest BCUT2D eigenvalue weighted by atomic mass is 16.6. The Bertz CT molecular complexity index is 1080. The van der Waals surface area contributed by atoms with Crippen molar-refractivity contribution in [3.8, 4) is 23.0 Å². The third-order valence-corrected chi connectivity index (χ3v) is 5.36. The fraction of sp³-hybridized carbons (Fsp3) is 0.481. The SMILES string of the molecule is COc1c([C@@H](O)CC(C)C)ccc2c1C(=O)OCc1cc(C)cc(OC(=O)CC(C)(C)C)c1O2. The first-order valence-corrected chi connectivity index (χ1v) is 11.5. The minimum Gasteiger partial charge on any atom is -0.495 e. The van der Waals surface area contributed by atoms with Gasteiger partial charge in [-0.1, -0.05) is 34.6 Å². The summed E-state index contributed by atoms with van der Waals surface area (Å²) in [6, 6.07) is 6.83. The molecule has 2 aromatic carbocycles. The Morgan fingerprint density at radius 3 is 2.53 bits per heavy atom. The Kier molecular flexibility index (Phi) is 7.56. The molecule has 184 valence electrons. The van der Waals surface area contributed by atoms with E-state index in [9.17, 15) is 14.7 Å². The lowest BCUT2D eigenvalue weighted by Crippen LogP contribution is -2.19. The normalized spacial score (nSPS) is 14.2. The maximum atomic E-state index is 13.0. The van der Waals surface area contributed by atoms with Gasteiger partial charge in [-0.05, 0) is 54.5 Å². The van der Waals surface area contributed by atoms with Gasteiger partial charge in [0.2, 0.25) is 0 Å². The third-order valence-electron chi connectivity index (χ3n) is 5.36. The van der Waals surface area contributed by atoms with Crippen LogP contribution >= 0.6 is 0 Å². The lowest BCUT2D eigenvalue weighted by atomic mass is 9.92. The maximum Gasteiger partial charge on any atom is 0.346 e. The minimum atomic E-state index is -0.817. The summed E-state index contributed by atoms with van der Waals surface area (Å²) in [6.45, 7) is 11.7. The van der Waals surface area contributed by atoms with Gasteiger partial charge in [0, 0.05) is 11.1 Å². The highest BCUT2D eigenvalue weighted by molar-refractivity contribution is 5.96. The molecule has 0 aromatic heterocycles. The molecule has 0 amide bonds. The van der Waals surface area contributed by atoms with Crippen LogP contribution < -0.4 is 14.2 Å². The van der Waals surface area contributed by atoms with Gasteiger partial charge in [-0.15, -0.1) is 0 Å². The zero-order chi connectivity index (χ0) is 25.2. The number of rotatable bonds is 6. The van der Waals surface area contributed by atoms with Gasteiger partial charge in [-0.2, -0.15) is 0 Å². The summed E-state index contributed by atoms with van der Waals surface area (Å²) in [4.78, 5) is 25.6. The van der Waals surface area contributed by atoms with Gasteiger partial charge in [0.15, 0.2) is 11.5 Å². The number of aliphatic hydroxyl groups excluding tert-OH is 1. The van der Waals surface area contributed by atoms with Crippen LogP contribution in [0.15, 0.2) is 24.3 Å². The van der Waals surface area contributed by atoms with Crippen LogP contribution in [0.25, 0.3) is 0 Å². The molecule has 34 heavy (non-hydrogen) atoms. The molecule has 1 aliphatic heterocycles. The van der Waals surface area contributed by atoms with Crippen LogP contribution in [0.5, 0.6) is 23.0 Å². The van der Waals surface area contributed by atoms with Crippen molar-refractivity contribution in [2.45, 2.75) is 67.1 Å². The van der Waals surface area contributed by atoms with Crippen molar-refractivity contribution in [3.63, 3.8) is 0 Å². The second-order valence-electron chi connectivity index (χ2n) is 10.3. The molecule has 1 atom stereocenters. The molecular formula is C27H34O7. The standard InChI is InChI=1S/C27H34O7/c1-15(2)10-19(28)18-8-9-20-23(25(18)31-7)26(30)32-14-17-11-16(3)12-21(24(17)34-20)33-22(29)13-27(4,5)6/h8-9,11-12,15,19,28H,10,13-14H2,1-7H3/t19-/m0/s1. The molecule has 0 spiro atoms. The van der Waals surface area contributed by atoms with E-state index in [0.29, 0.717) is 23.3 Å². The number of aliphatic hydroxyl groups is 1. The summed E-state index contributed by atoms with van der Waals surface area (Å²) in [5.41, 5.74) is 1.75. The van der Waals surface area contributed by atoms with Gasteiger partial charge in [-0.25, -0.2) is 4.79 Å². The molecule has 7 heteroatoms. The predicted molar refractivity (Wildman–Crippen MR) is 127 cm³/mol. The number of esters is 2. The van der Waals surface area contributed by atoms with E-state index in [-0.39, 0.29) is 53.1 Å². The third kappa shape index (κ3) is 5.89. The van der Waals surface area contributed by atoms with Crippen molar-refractivity contribution < 1.29 is 33.6 Å². The van der Waals surface area contributed by atoms with Crippen molar-refractivity contribution >= 4 is 11.9 Å². The van der Waals surface area contributed by atoms with Crippen molar-refractivity contribution in [1.29, 1.82) is 0 Å². The zero-order valence-corrected chi connectivity index (χ0v) is 21.0. The van der Waals surface area contributed by atoms with E-state index < -0.39 is 12.1 Å². The number of aryl methyl sites for hydroxylation is 1. The van der Waals surface area contributed by atoms with E-state index in [1.807, 2.05) is 47.6 Å². The Balaban J connectivity index is 2.08. The van der Waals surface area contributed by atoms with E-state index in [2.05, 4.69) is 0 Å². The van der Waals surface area contributed by atoms with Crippen molar-refractivity contribution in [2.75, 3.05) is 7.11 Å². The fourth-order valence-electron chi connectivity index (χ4n) is 3.94. The lowest BCUT2D eigenvalue weighted by Gasteiger charge is -2.24. The maximum absolute atomic E-state index is 13.0. The van der Waals surface area contributed by atoms with Crippen LogP contribution in [0.4, 0.5) is 0 Å². The number of cyclic esters (lactones) is 1. The number of hydrogen-bond donors (Lipinski definition) is 1. The molecule has 0 saturated carbocycles. The second-order valence-corrected chi connectivity index (χ2v) is 10.3.